The molecule has 2 aromatic carbocycles. The summed E-state index contributed by atoms with van der Waals surface area (Å²) in [6.07, 6.45) is 1.08. The first kappa shape index (κ1) is 16.7. The number of carbonyl (C=O) groups is 1. The van der Waals surface area contributed by atoms with E-state index in [4.69, 9.17) is 0 Å². The minimum absolute atomic E-state index is 0.0339. The van der Waals surface area contributed by atoms with Crippen molar-refractivity contribution < 1.29 is 15.0 Å². The number of nitrogens with one attached hydrogen (secondary N) is 1. The van der Waals surface area contributed by atoms with Gasteiger partial charge in [0.25, 0.3) is 5.91 Å². The molecule has 4 rings (SSSR count). The Labute approximate surface area is 151 Å². The molecular weight excluding hydrogens is 328 g/mol. The highest BCUT2D eigenvalue weighted by Crippen LogP contribution is 2.31. The summed E-state index contributed by atoms with van der Waals surface area (Å²) in [5.74, 6) is 0.309. The highest BCUT2D eigenvalue weighted by atomic mass is 16.3. The molecule has 3 aromatic rings. The van der Waals surface area contributed by atoms with Gasteiger partial charge in [0.1, 0.15) is 11.4 Å². The van der Waals surface area contributed by atoms with E-state index in [1.165, 1.54) is 0 Å². The lowest BCUT2D eigenvalue weighted by Crippen LogP contribution is -2.39. The first-order valence-corrected chi connectivity index (χ1v) is 8.96. The average molecular weight is 350 g/mol. The number of benzene rings is 2. The van der Waals surface area contributed by atoms with Gasteiger partial charge in [-0.2, -0.15) is 0 Å². The highest BCUT2D eigenvalue weighted by Gasteiger charge is 2.29. The fourth-order valence-electron chi connectivity index (χ4n) is 3.74. The average Bonchev–Trinajstić information content (AvgIpc) is 3.11. The van der Waals surface area contributed by atoms with Crippen LogP contribution in [-0.2, 0) is 0 Å². The van der Waals surface area contributed by atoms with Crippen LogP contribution in [0.1, 0.15) is 35.0 Å². The zero-order valence-electron chi connectivity index (χ0n) is 14.4. The zero-order chi connectivity index (χ0) is 18.1. The number of amides is 1. The molecule has 26 heavy (non-hydrogen) atoms. The SMILES string of the molecule is O=C(c1cc2ccc(O)cc2[nH]1)N1CCC(C(O)c2ccccc2)CC1. The first-order valence-electron chi connectivity index (χ1n) is 8.96. The number of rotatable bonds is 3. The second-order valence-electron chi connectivity index (χ2n) is 6.94. The fourth-order valence-corrected chi connectivity index (χ4v) is 3.74. The lowest BCUT2D eigenvalue weighted by Gasteiger charge is -2.34. The lowest BCUT2D eigenvalue weighted by molar-refractivity contribution is 0.0459. The van der Waals surface area contributed by atoms with Gasteiger partial charge in [-0.1, -0.05) is 30.3 Å². The van der Waals surface area contributed by atoms with Crippen molar-refractivity contribution in [3.05, 3.63) is 65.9 Å². The second kappa shape index (κ2) is 6.84. The van der Waals surface area contributed by atoms with Gasteiger partial charge < -0.3 is 20.1 Å². The summed E-state index contributed by atoms with van der Waals surface area (Å²) in [5, 5.41) is 21.0. The number of phenols is 1. The smallest absolute Gasteiger partial charge is 0.270 e. The topological polar surface area (TPSA) is 76.6 Å². The van der Waals surface area contributed by atoms with Crippen molar-refractivity contribution in [1.29, 1.82) is 0 Å². The molecule has 0 aliphatic carbocycles. The van der Waals surface area contributed by atoms with Gasteiger partial charge in [-0.25, -0.2) is 0 Å². The highest BCUT2D eigenvalue weighted by molar-refractivity contribution is 5.98. The Balaban J connectivity index is 1.43. The van der Waals surface area contributed by atoms with Crippen LogP contribution >= 0.6 is 0 Å². The van der Waals surface area contributed by atoms with E-state index < -0.39 is 6.10 Å². The summed E-state index contributed by atoms with van der Waals surface area (Å²) >= 11 is 0. The number of likely N-dealkylation sites (tertiary alicyclic amines) is 1. The molecule has 134 valence electrons. The third-order valence-corrected chi connectivity index (χ3v) is 5.25. The number of aromatic hydroxyl groups is 1. The van der Waals surface area contributed by atoms with Crippen LogP contribution < -0.4 is 0 Å². The monoisotopic (exact) mass is 350 g/mol. The summed E-state index contributed by atoms with van der Waals surface area (Å²) in [4.78, 5) is 17.7. The van der Waals surface area contributed by atoms with E-state index in [1.807, 2.05) is 41.3 Å². The molecule has 5 nitrogen and oxygen atoms in total. The fraction of sp³-hybridized carbons (Fsp3) is 0.286. The van der Waals surface area contributed by atoms with E-state index in [9.17, 15) is 15.0 Å². The molecule has 1 saturated heterocycles. The number of aliphatic hydroxyl groups is 1. The third-order valence-electron chi connectivity index (χ3n) is 5.25. The van der Waals surface area contributed by atoms with Gasteiger partial charge in [-0.05, 0) is 42.5 Å². The molecule has 0 spiro atoms. The van der Waals surface area contributed by atoms with Crippen molar-refractivity contribution in [1.82, 2.24) is 9.88 Å². The molecule has 1 unspecified atom stereocenters. The second-order valence-corrected chi connectivity index (χ2v) is 6.94. The number of phenolic OH excluding ortho intramolecular Hbond substituents is 1. The largest absolute Gasteiger partial charge is 0.508 e. The number of H-pyrrole nitrogens is 1. The van der Waals surface area contributed by atoms with Gasteiger partial charge in [0.15, 0.2) is 0 Å². The Morgan fingerprint density at radius 1 is 1.08 bits per heavy atom. The van der Waals surface area contributed by atoms with Crippen LogP contribution in [-0.4, -0.2) is 39.1 Å². The molecule has 1 atom stereocenters. The zero-order valence-corrected chi connectivity index (χ0v) is 14.4. The number of aromatic nitrogens is 1. The molecule has 1 aliphatic rings. The molecule has 5 heteroatoms. The molecule has 0 radical (unpaired) electrons. The number of piperidine rings is 1. The maximum atomic E-state index is 12.8. The number of carbonyl (C=O) groups excluding carboxylic acids is 1. The number of aliphatic hydroxyl groups excluding tert-OH is 1. The van der Waals surface area contributed by atoms with E-state index in [1.54, 1.807) is 18.2 Å². The van der Waals surface area contributed by atoms with E-state index >= 15 is 0 Å². The Bertz CT molecular complexity index is 911. The number of nitrogens with zero attached hydrogens (tertiary/aromatic N) is 1. The van der Waals surface area contributed by atoms with Gasteiger partial charge in [-0.15, -0.1) is 0 Å². The molecular formula is C21H22N2O3. The predicted octanol–water partition coefficient (Wildman–Crippen LogP) is 3.46. The summed E-state index contributed by atoms with van der Waals surface area (Å²) in [5.41, 5.74) is 2.23. The van der Waals surface area contributed by atoms with Gasteiger partial charge in [0.05, 0.1) is 6.10 Å². The van der Waals surface area contributed by atoms with E-state index in [0.717, 1.165) is 29.3 Å². The van der Waals surface area contributed by atoms with Crippen molar-refractivity contribution in [2.75, 3.05) is 13.1 Å². The molecule has 0 bridgehead atoms. The molecule has 1 fully saturated rings. The summed E-state index contributed by atoms with van der Waals surface area (Å²) in [6.45, 7) is 1.27. The molecule has 1 aromatic heterocycles. The van der Waals surface area contributed by atoms with E-state index in [2.05, 4.69) is 4.98 Å². The van der Waals surface area contributed by atoms with Crippen LogP contribution in [0.5, 0.6) is 5.75 Å². The number of hydrogen-bond acceptors (Lipinski definition) is 3. The first-order chi connectivity index (χ1) is 12.6. The van der Waals surface area contributed by atoms with E-state index in [0.29, 0.717) is 18.8 Å². The Morgan fingerprint density at radius 2 is 1.81 bits per heavy atom. The Kier molecular flexibility index (Phi) is 4.39. The van der Waals surface area contributed by atoms with Crippen molar-refractivity contribution in [3.8, 4) is 5.75 Å². The molecule has 1 amide bonds. The summed E-state index contributed by atoms with van der Waals surface area (Å²) in [6, 6.07) is 16.6. The van der Waals surface area contributed by atoms with Crippen molar-refractivity contribution in [3.63, 3.8) is 0 Å². The molecule has 1 aliphatic heterocycles. The molecule has 3 N–H and O–H groups in total. The summed E-state index contributed by atoms with van der Waals surface area (Å²) < 4.78 is 0. The number of aromatic amines is 1. The standard InChI is InChI=1S/C21H22N2O3/c24-17-7-6-16-12-19(22-18(16)13-17)21(26)23-10-8-15(9-11-23)20(25)14-4-2-1-3-5-14/h1-7,12-13,15,20,22,24-25H,8-11H2. The van der Waals surface area contributed by atoms with Crippen LogP contribution in [0, 0.1) is 5.92 Å². The Hall–Kier alpha value is -2.79. The minimum atomic E-state index is -0.482. The van der Waals surface area contributed by atoms with Crippen molar-refractivity contribution in [2.45, 2.75) is 18.9 Å². The van der Waals surface area contributed by atoms with Gasteiger partial charge >= 0.3 is 0 Å². The van der Waals surface area contributed by atoms with Crippen LogP contribution in [0.25, 0.3) is 10.9 Å². The maximum Gasteiger partial charge on any atom is 0.270 e. The minimum Gasteiger partial charge on any atom is -0.508 e. The van der Waals surface area contributed by atoms with Crippen molar-refractivity contribution >= 4 is 16.8 Å². The molecule has 0 saturated carbocycles. The van der Waals surface area contributed by atoms with Crippen molar-refractivity contribution in [2.24, 2.45) is 5.92 Å². The normalized spacial score (nSPS) is 16.7. The predicted molar refractivity (Wildman–Crippen MR) is 100.0 cm³/mol. The Morgan fingerprint density at radius 3 is 2.54 bits per heavy atom. The van der Waals surface area contributed by atoms with Gasteiger partial charge in [-0.3, -0.25) is 4.79 Å². The van der Waals surface area contributed by atoms with E-state index in [-0.39, 0.29) is 17.6 Å². The lowest BCUT2D eigenvalue weighted by atomic mass is 9.87. The van der Waals surface area contributed by atoms with Crippen LogP contribution in [0.2, 0.25) is 0 Å². The third kappa shape index (κ3) is 3.18. The van der Waals surface area contributed by atoms with Crippen LogP contribution in [0.4, 0.5) is 0 Å². The maximum absolute atomic E-state index is 12.8. The van der Waals surface area contributed by atoms with Gasteiger partial charge in [0.2, 0.25) is 0 Å². The number of fused-ring (bicyclic) bond motifs is 1. The summed E-state index contributed by atoms with van der Waals surface area (Å²) in [7, 11) is 0. The van der Waals surface area contributed by atoms with Gasteiger partial charge in [0, 0.05) is 30.1 Å². The van der Waals surface area contributed by atoms with Crippen LogP contribution in [0.3, 0.4) is 0 Å². The quantitative estimate of drug-likeness (QED) is 0.677. The number of hydrogen-bond donors (Lipinski definition) is 3. The molecule has 2 heterocycles. The van der Waals surface area contributed by atoms with Crippen LogP contribution in [0.15, 0.2) is 54.6 Å².